The lowest BCUT2D eigenvalue weighted by Gasteiger charge is -2.22. The van der Waals surface area contributed by atoms with Crippen LogP contribution >= 0.6 is 11.6 Å². The van der Waals surface area contributed by atoms with E-state index in [1.807, 2.05) is 0 Å². The first-order valence-electron chi connectivity index (χ1n) is 7.91. The van der Waals surface area contributed by atoms with Gasteiger partial charge in [0.2, 0.25) is 11.8 Å². The molecule has 2 heterocycles. The number of anilines is 1. The van der Waals surface area contributed by atoms with Gasteiger partial charge in [-0.05, 0) is 44.0 Å². The molecule has 0 radical (unpaired) electrons. The first-order valence-corrected chi connectivity index (χ1v) is 8.29. The molecule has 2 unspecified atom stereocenters. The number of likely N-dealkylation sites (tertiary alicyclic amines) is 1. The molecule has 1 N–H and O–H groups in total. The molecule has 2 aliphatic heterocycles. The number of halogens is 1. The molecule has 1 aromatic carbocycles. The summed E-state index contributed by atoms with van der Waals surface area (Å²) in [6, 6.07) is 6.92. The Balaban J connectivity index is 1.70. The van der Waals surface area contributed by atoms with Gasteiger partial charge in [-0.1, -0.05) is 11.6 Å². The molecule has 2 amide bonds. The monoisotopic (exact) mass is 350 g/mol. The lowest BCUT2D eigenvalue weighted by molar-refractivity contribution is -0.147. The highest BCUT2D eigenvalue weighted by Crippen LogP contribution is 2.33. The summed E-state index contributed by atoms with van der Waals surface area (Å²) in [5.41, 5.74) is -0.204. The van der Waals surface area contributed by atoms with Crippen molar-refractivity contribution in [3.05, 3.63) is 29.3 Å². The fraction of sp³-hybridized carbons (Fsp3) is 0.471. The Morgan fingerprint density at radius 3 is 2.50 bits per heavy atom. The van der Waals surface area contributed by atoms with Gasteiger partial charge in [0.15, 0.2) is 0 Å². The molecule has 6 nitrogen and oxygen atoms in total. The summed E-state index contributed by atoms with van der Waals surface area (Å²) in [5, 5.41) is 9.86. The first-order chi connectivity index (χ1) is 11.3. The summed E-state index contributed by atoms with van der Waals surface area (Å²) < 4.78 is 0. The van der Waals surface area contributed by atoms with Gasteiger partial charge in [0.05, 0.1) is 5.41 Å². The molecule has 1 aromatic rings. The summed E-state index contributed by atoms with van der Waals surface area (Å²) in [5.74, 6) is -2.12. The lowest BCUT2D eigenvalue weighted by atomic mass is 9.90. The normalized spacial score (nSPS) is 26.9. The fourth-order valence-electron chi connectivity index (χ4n) is 3.33. The van der Waals surface area contributed by atoms with Gasteiger partial charge in [0.1, 0.15) is 5.92 Å². The summed E-state index contributed by atoms with van der Waals surface area (Å²) in [6.45, 7) is 2.65. The number of benzene rings is 1. The van der Waals surface area contributed by atoms with Gasteiger partial charge in [-0.3, -0.25) is 14.4 Å². The molecule has 0 bridgehead atoms. The third-order valence-electron chi connectivity index (χ3n) is 4.94. The van der Waals surface area contributed by atoms with Crippen molar-refractivity contribution in [2.45, 2.75) is 19.8 Å². The third-order valence-corrected chi connectivity index (χ3v) is 5.20. The van der Waals surface area contributed by atoms with Crippen LogP contribution in [0.15, 0.2) is 24.3 Å². The van der Waals surface area contributed by atoms with Crippen molar-refractivity contribution in [1.29, 1.82) is 0 Å². The molecular weight excluding hydrogens is 332 g/mol. The molecule has 2 saturated heterocycles. The van der Waals surface area contributed by atoms with E-state index in [0.717, 1.165) is 5.69 Å². The number of rotatable bonds is 3. The summed E-state index contributed by atoms with van der Waals surface area (Å²) in [4.78, 5) is 39.7. The second kappa shape index (κ2) is 6.09. The van der Waals surface area contributed by atoms with Crippen LogP contribution in [0.5, 0.6) is 0 Å². The first kappa shape index (κ1) is 16.8. The van der Waals surface area contributed by atoms with Crippen LogP contribution in [0.25, 0.3) is 0 Å². The van der Waals surface area contributed by atoms with E-state index >= 15 is 0 Å². The van der Waals surface area contributed by atoms with Crippen LogP contribution in [-0.4, -0.2) is 47.4 Å². The molecule has 7 heteroatoms. The molecule has 2 aliphatic rings. The van der Waals surface area contributed by atoms with Crippen molar-refractivity contribution in [3.8, 4) is 0 Å². The molecular formula is C17H19ClN2O4. The Kier molecular flexibility index (Phi) is 4.25. The Labute approximate surface area is 145 Å². The molecule has 0 aromatic heterocycles. The predicted octanol–water partition coefficient (Wildman–Crippen LogP) is 2.02. The minimum absolute atomic E-state index is 0.159. The second-order valence-electron chi connectivity index (χ2n) is 6.68. The van der Waals surface area contributed by atoms with Crippen LogP contribution in [0.3, 0.4) is 0 Å². The average molecular weight is 351 g/mol. The van der Waals surface area contributed by atoms with E-state index in [1.165, 1.54) is 4.90 Å². The van der Waals surface area contributed by atoms with Gasteiger partial charge >= 0.3 is 5.97 Å². The number of hydrogen-bond donors (Lipinski definition) is 1. The minimum Gasteiger partial charge on any atom is -0.481 e. The molecule has 0 spiro atoms. The zero-order valence-electron chi connectivity index (χ0n) is 13.4. The van der Waals surface area contributed by atoms with Crippen molar-refractivity contribution in [2.75, 3.05) is 24.5 Å². The number of carboxylic acid groups (broad SMARTS) is 1. The number of carbonyl (C=O) groups is 3. The van der Waals surface area contributed by atoms with Gasteiger partial charge in [0.25, 0.3) is 0 Å². The Morgan fingerprint density at radius 1 is 1.25 bits per heavy atom. The van der Waals surface area contributed by atoms with Crippen LogP contribution in [0, 0.1) is 11.3 Å². The molecule has 2 atom stereocenters. The highest BCUT2D eigenvalue weighted by Gasteiger charge is 2.46. The highest BCUT2D eigenvalue weighted by molar-refractivity contribution is 6.30. The molecule has 0 aliphatic carbocycles. The molecule has 2 fully saturated rings. The number of carbonyl (C=O) groups excluding carboxylic acids is 2. The van der Waals surface area contributed by atoms with Crippen molar-refractivity contribution in [3.63, 3.8) is 0 Å². The van der Waals surface area contributed by atoms with E-state index in [1.54, 1.807) is 36.1 Å². The van der Waals surface area contributed by atoms with Crippen LogP contribution < -0.4 is 4.90 Å². The smallest absolute Gasteiger partial charge is 0.311 e. The topological polar surface area (TPSA) is 77.9 Å². The van der Waals surface area contributed by atoms with E-state index in [2.05, 4.69) is 0 Å². The maximum Gasteiger partial charge on any atom is 0.311 e. The zero-order chi connectivity index (χ0) is 17.5. The van der Waals surface area contributed by atoms with Crippen LogP contribution in [-0.2, 0) is 14.4 Å². The van der Waals surface area contributed by atoms with Gasteiger partial charge in [-0.2, -0.15) is 0 Å². The Hall–Kier alpha value is -2.08. The quantitative estimate of drug-likeness (QED) is 0.846. The predicted molar refractivity (Wildman–Crippen MR) is 88.9 cm³/mol. The van der Waals surface area contributed by atoms with E-state index < -0.39 is 17.3 Å². The maximum absolute atomic E-state index is 12.7. The van der Waals surface area contributed by atoms with Gasteiger partial charge < -0.3 is 14.9 Å². The standard InChI is InChI=1S/C17H19ClN2O4/c1-17(16(23)24)7-9-19(10-17)14(21)13-6-8-20(15(13)22)12-4-2-11(18)3-5-12/h2-5,13H,6-10H2,1H3,(H,23,24). The van der Waals surface area contributed by atoms with Crippen molar-refractivity contribution in [2.24, 2.45) is 11.3 Å². The number of hydrogen-bond acceptors (Lipinski definition) is 3. The third kappa shape index (κ3) is 2.86. The molecule has 128 valence electrons. The zero-order valence-corrected chi connectivity index (χ0v) is 14.1. The number of aliphatic carboxylic acids is 1. The summed E-state index contributed by atoms with van der Waals surface area (Å²) in [6.07, 6.45) is 0.858. The van der Waals surface area contributed by atoms with Crippen molar-refractivity contribution < 1.29 is 19.5 Å². The van der Waals surface area contributed by atoms with Gasteiger partial charge in [-0.25, -0.2) is 0 Å². The fourth-order valence-corrected chi connectivity index (χ4v) is 3.46. The summed E-state index contributed by atoms with van der Waals surface area (Å²) >= 11 is 5.86. The van der Waals surface area contributed by atoms with E-state index in [0.29, 0.717) is 31.0 Å². The SMILES string of the molecule is CC1(C(=O)O)CCN(C(=O)C2CCN(c3ccc(Cl)cc3)C2=O)C1. The Morgan fingerprint density at radius 2 is 1.92 bits per heavy atom. The van der Waals surface area contributed by atoms with Crippen LogP contribution in [0.2, 0.25) is 5.02 Å². The van der Waals surface area contributed by atoms with E-state index in [-0.39, 0.29) is 18.4 Å². The largest absolute Gasteiger partial charge is 0.481 e. The summed E-state index contributed by atoms with van der Waals surface area (Å²) in [7, 11) is 0. The van der Waals surface area contributed by atoms with Crippen LogP contribution in [0.4, 0.5) is 5.69 Å². The van der Waals surface area contributed by atoms with Crippen molar-refractivity contribution >= 4 is 35.1 Å². The van der Waals surface area contributed by atoms with Gasteiger partial charge in [0, 0.05) is 30.3 Å². The average Bonchev–Trinajstić information content (AvgIpc) is 3.12. The molecule has 3 rings (SSSR count). The molecule has 0 saturated carbocycles. The lowest BCUT2D eigenvalue weighted by Crippen LogP contribution is -2.41. The number of amides is 2. The maximum atomic E-state index is 12.7. The molecule has 24 heavy (non-hydrogen) atoms. The van der Waals surface area contributed by atoms with Gasteiger partial charge in [-0.15, -0.1) is 0 Å². The Bertz CT molecular complexity index is 690. The highest BCUT2D eigenvalue weighted by atomic mass is 35.5. The number of carboxylic acids is 1. The minimum atomic E-state index is -0.923. The number of nitrogens with zero attached hydrogens (tertiary/aromatic N) is 2. The second-order valence-corrected chi connectivity index (χ2v) is 7.12. The van der Waals surface area contributed by atoms with E-state index in [9.17, 15) is 19.5 Å². The van der Waals surface area contributed by atoms with Crippen molar-refractivity contribution in [1.82, 2.24) is 4.90 Å². The van der Waals surface area contributed by atoms with E-state index in [4.69, 9.17) is 11.6 Å². The van der Waals surface area contributed by atoms with Crippen LogP contribution in [0.1, 0.15) is 19.8 Å².